The molecule has 32 heavy (non-hydrogen) atoms. The number of carbonyl (C=O) groups excluding carboxylic acids is 1. The Labute approximate surface area is 190 Å². The first-order valence-corrected chi connectivity index (χ1v) is 10.6. The van der Waals surface area contributed by atoms with Crippen molar-refractivity contribution in [2.24, 2.45) is 0 Å². The number of amides is 1. The summed E-state index contributed by atoms with van der Waals surface area (Å²) in [7, 11) is 0. The van der Waals surface area contributed by atoms with Crippen LogP contribution in [-0.4, -0.2) is 30.7 Å². The second kappa shape index (κ2) is 7.76. The molecule has 2 aromatic heterocycles. The fourth-order valence-corrected chi connectivity index (χ4v) is 4.38. The molecular formula is C25H19FN4OS. The second-order valence-electron chi connectivity index (χ2n) is 7.76. The summed E-state index contributed by atoms with van der Waals surface area (Å²) in [6, 6.07) is 19.6. The highest BCUT2D eigenvalue weighted by atomic mass is 32.1. The van der Waals surface area contributed by atoms with Crippen molar-refractivity contribution in [3.05, 3.63) is 95.2 Å². The molecular weight excluding hydrogens is 423 g/mol. The lowest BCUT2D eigenvalue weighted by Crippen LogP contribution is -2.35. The summed E-state index contributed by atoms with van der Waals surface area (Å²) in [5.74, 6) is -0.313. The zero-order valence-electron chi connectivity index (χ0n) is 17.5. The van der Waals surface area contributed by atoms with Gasteiger partial charge in [-0.2, -0.15) is 9.78 Å². The lowest BCUT2D eigenvalue weighted by Gasteiger charge is -2.16. The minimum Gasteiger partial charge on any atom is -0.276 e. The Morgan fingerprint density at radius 3 is 2.38 bits per heavy atom. The van der Waals surface area contributed by atoms with E-state index in [-0.39, 0.29) is 18.4 Å². The molecule has 3 heterocycles. The average Bonchev–Trinajstić information content (AvgIpc) is 3.32. The van der Waals surface area contributed by atoms with Crippen molar-refractivity contribution in [2.75, 3.05) is 0 Å². The third-order valence-corrected chi connectivity index (χ3v) is 5.93. The Bertz CT molecular complexity index is 1360. The van der Waals surface area contributed by atoms with Crippen molar-refractivity contribution in [1.82, 2.24) is 19.7 Å². The van der Waals surface area contributed by atoms with Crippen molar-refractivity contribution in [3.8, 4) is 22.4 Å². The van der Waals surface area contributed by atoms with Gasteiger partial charge in [-0.3, -0.25) is 9.88 Å². The van der Waals surface area contributed by atoms with Crippen molar-refractivity contribution in [2.45, 2.75) is 20.4 Å². The minimum atomic E-state index is -0.315. The summed E-state index contributed by atoms with van der Waals surface area (Å²) in [4.78, 5) is 20.0. The predicted octanol–water partition coefficient (Wildman–Crippen LogP) is 5.53. The SMILES string of the molecule is Cc1cc(C)n(C(=O)N2Cc3nc(-c4ccccc4)cc(-c4ccc(F)cc4)c3C2=S)n1. The molecule has 0 bridgehead atoms. The van der Waals surface area contributed by atoms with Crippen LogP contribution in [0.25, 0.3) is 22.4 Å². The van der Waals surface area contributed by atoms with Crippen molar-refractivity contribution in [1.29, 1.82) is 0 Å². The topological polar surface area (TPSA) is 51.0 Å². The number of rotatable bonds is 2. The summed E-state index contributed by atoms with van der Waals surface area (Å²) in [5, 5.41) is 4.31. The second-order valence-corrected chi connectivity index (χ2v) is 8.15. The molecule has 0 fully saturated rings. The van der Waals surface area contributed by atoms with E-state index in [0.717, 1.165) is 39.3 Å². The van der Waals surface area contributed by atoms with Gasteiger partial charge in [-0.1, -0.05) is 54.7 Å². The molecule has 7 heteroatoms. The van der Waals surface area contributed by atoms with Gasteiger partial charge in [-0.05, 0) is 49.2 Å². The predicted molar refractivity (Wildman–Crippen MR) is 125 cm³/mol. The number of aryl methyl sites for hydroxylation is 2. The zero-order valence-corrected chi connectivity index (χ0v) is 18.4. The fraction of sp³-hybridized carbons (Fsp3) is 0.120. The molecule has 0 aliphatic carbocycles. The van der Waals surface area contributed by atoms with Crippen LogP contribution < -0.4 is 0 Å². The van der Waals surface area contributed by atoms with Gasteiger partial charge in [0, 0.05) is 16.8 Å². The van der Waals surface area contributed by atoms with E-state index in [0.29, 0.717) is 10.7 Å². The van der Waals surface area contributed by atoms with Crippen LogP contribution in [0.5, 0.6) is 0 Å². The summed E-state index contributed by atoms with van der Waals surface area (Å²) in [5.41, 5.74) is 6.29. The van der Waals surface area contributed by atoms with Crippen LogP contribution in [0.15, 0.2) is 66.7 Å². The first-order valence-electron chi connectivity index (χ1n) is 10.2. The maximum absolute atomic E-state index is 13.6. The number of aromatic nitrogens is 3. The van der Waals surface area contributed by atoms with E-state index in [2.05, 4.69) is 5.10 Å². The summed E-state index contributed by atoms with van der Waals surface area (Å²) < 4.78 is 15.0. The Morgan fingerprint density at radius 2 is 1.72 bits per heavy atom. The van der Waals surface area contributed by atoms with Gasteiger partial charge in [0.2, 0.25) is 0 Å². The van der Waals surface area contributed by atoms with Gasteiger partial charge in [0.25, 0.3) is 0 Å². The molecule has 5 nitrogen and oxygen atoms in total. The van der Waals surface area contributed by atoms with Crippen molar-refractivity contribution >= 4 is 23.2 Å². The molecule has 0 unspecified atom stereocenters. The number of halogens is 1. The highest BCUT2D eigenvalue weighted by Gasteiger charge is 2.34. The first-order chi connectivity index (χ1) is 15.4. The number of hydrogen-bond acceptors (Lipinski definition) is 4. The van der Waals surface area contributed by atoms with Gasteiger partial charge in [-0.25, -0.2) is 9.18 Å². The van der Waals surface area contributed by atoms with Crippen molar-refractivity contribution in [3.63, 3.8) is 0 Å². The third-order valence-electron chi connectivity index (χ3n) is 5.51. The quantitative estimate of drug-likeness (QED) is 0.383. The van der Waals surface area contributed by atoms with Crippen LogP contribution in [-0.2, 0) is 6.54 Å². The maximum atomic E-state index is 13.6. The summed E-state index contributed by atoms with van der Waals surface area (Å²) >= 11 is 5.74. The molecule has 2 aromatic carbocycles. The molecule has 158 valence electrons. The van der Waals surface area contributed by atoms with Crippen LogP contribution in [0.4, 0.5) is 9.18 Å². The van der Waals surface area contributed by atoms with Crippen LogP contribution in [0.2, 0.25) is 0 Å². The normalized spacial score (nSPS) is 12.8. The largest absolute Gasteiger partial charge is 0.350 e. The Hall–Kier alpha value is -3.71. The van der Waals surface area contributed by atoms with E-state index in [1.54, 1.807) is 12.1 Å². The highest BCUT2D eigenvalue weighted by Crippen LogP contribution is 2.36. The minimum absolute atomic E-state index is 0.250. The van der Waals surface area contributed by atoms with Crippen LogP contribution >= 0.6 is 12.2 Å². The average molecular weight is 443 g/mol. The maximum Gasteiger partial charge on any atom is 0.350 e. The van der Waals surface area contributed by atoms with Crippen LogP contribution in [0, 0.1) is 19.7 Å². The number of carbonyl (C=O) groups is 1. The monoisotopic (exact) mass is 442 g/mol. The highest BCUT2D eigenvalue weighted by molar-refractivity contribution is 7.80. The molecule has 1 amide bonds. The smallest absolute Gasteiger partial charge is 0.276 e. The number of thiocarbonyl (C=S) groups is 1. The first kappa shape index (κ1) is 20.2. The Morgan fingerprint density at radius 1 is 1.00 bits per heavy atom. The lowest BCUT2D eigenvalue weighted by atomic mass is 9.97. The number of nitrogens with zero attached hydrogens (tertiary/aromatic N) is 4. The molecule has 0 saturated carbocycles. The lowest BCUT2D eigenvalue weighted by molar-refractivity contribution is 0.219. The molecule has 5 rings (SSSR count). The Kier molecular flexibility index (Phi) is 4.90. The van der Waals surface area contributed by atoms with Gasteiger partial charge in [0.05, 0.1) is 23.6 Å². The van der Waals surface area contributed by atoms with Crippen molar-refractivity contribution < 1.29 is 9.18 Å². The van der Waals surface area contributed by atoms with Gasteiger partial charge >= 0.3 is 6.03 Å². The van der Waals surface area contributed by atoms with E-state index >= 15 is 0 Å². The number of benzene rings is 2. The number of fused-ring (bicyclic) bond motifs is 1. The number of hydrogen-bond donors (Lipinski definition) is 0. The van der Waals surface area contributed by atoms with Crippen LogP contribution in [0.3, 0.4) is 0 Å². The third kappa shape index (κ3) is 3.40. The zero-order chi connectivity index (χ0) is 22.4. The molecule has 4 aromatic rings. The van der Waals surface area contributed by atoms with E-state index in [9.17, 15) is 9.18 Å². The molecule has 1 aliphatic rings. The van der Waals surface area contributed by atoms with E-state index in [1.165, 1.54) is 21.7 Å². The molecule has 0 saturated heterocycles. The summed E-state index contributed by atoms with van der Waals surface area (Å²) in [6.45, 7) is 3.92. The molecule has 0 spiro atoms. The number of pyridine rings is 1. The standard InChI is InChI=1S/C25H19FN4OS/c1-15-12-16(2)30(28-15)25(31)29-14-22-23(24(29)32)20(17-8-10-19(26)11-9-17)13-21(27-22)18-6-4-3-5-7-18/h3-13H,14H2,1-2H3. The van der Waals surface area contributed by atoms with E-state index in [1.807, 2.05) is 56.3 Å². The molecule has 0 radical (unpaired) electrons. The molecule has 1 aliphatic heterocycles. The molecule has 0 N–H and O–H groups in total. The fourth-order valence-electron chi connectivity index (χ4n) is 4.01. The van der Waals surface area contributed by atoms with Gasteiger partial charge in [0.1, 0.15) is 10.8 Å². The van der Waals surface area contributed by atoms with Crippen LogP contribution in [0.1, 0.15) is 22.6 Å². The van der Waals surface area contributed by atoms with E-state index in [4.69, 9.17) is 17.2 Å². The van der Waals surface area contributed by atoms with Gasteiger partial charge in [0.15, 0.2) is 0 Å². The summed E-state index contributed by atoms with van der Waals surface area (Å²) in [6.07, 6.45) is 0. The van der Waals surface area contributed by atoms with Gasteiger partial charge < -0.3 is 0 Å². The van der Waals surface area contributed by atoms with E-state index < -0.39 is 0 Å². The molecule has 0 atom stereocenters. The Balaban J connectivity index is 1.65. The van der Waals surface area contributed by atoms with Gasteiger partial charge in [-0.15, -0.1) is 0 Å².